The molecule has 40 heavy (non-hydrogen) atoms. The quantitative estimate of drug-likeness (QED) is 0.301. The van der Waals surface area contributed by atoms with Crippen LogP contribution in [0, 0.1) is 0 Å². The fourth-order valence-electron chi connectivity index (χ4n) is 4.91. The van der Waals surface area contributed by atoms with Gasteiger partial charge in [-0.3, -0.25) is 4.79 Å². The van der Waals surface area contributed by atoms with E-state index in [0.717, 1.165) is 38.5 Å². The lowest BCUT2D eigenvalue weighted by atomic mass is 10.1. The van der Waals surface area contributed by atoms with Crippen LogP contribution in [0.4, 0.5) is 4.79 Å². The molecular weight excluding hydrogens is 532 g/mol. The second-order valence-electron chi connectivity index (χ2n) is 10.1. The van der Waals surface area contributed by atoms with E-state index in [4.69, 9.17) is 4.18 Å². The van der Waals surface area contributed by atoms with Gasteiger partial charge in [-0.15, -0.1) is 5.10 Å². The highest BCUT2D eigenvalue weighted by Gasteiger charge is 2.26. The van der Waals surface area contributed by atoms with Crippen LogP contribution in [0.5, 0.6) is 0 Å². The third-order valence-electron chi connectivity index (χ3n) is 7.09. The molecule has 1 aliphatic heterocycles. The Bertz CT molecular complexity index is 1640. The zero-order chi connectivity index (χ0) is 28.1. The highest BCUT2D eigenvalue weighted by Crippen LogP contribution is 2.20. The number of aromatic amines is 1. The number of carbonyl (C=O) groups excluding carboxylic acids is 1. The van der Waals surface area contributed by atoms with Crippen molar-refractivity contribution < 1.29 is 17.4 Å². The molecular formula is C28H32N6O5S. The van der Waals surface area contributed by atoms with E-state index in [0.29, 0.717) is 30.1 Å². The van der Waals surface area contributed by atoms with Crippen LogP contribution in [-0.2, 0) is 27.1 Å². The number of aromatic nitrogens is 5. The first kappa shape index (κ1) is 27.5. The van der Waals surface area contributed by atoms with Crippen LogP contribution < -0.4 is 5.56 Å². The van der Waals surface area contributed by atoms with Crippen molar-refractivity contribution in [1.29, 1.82) is 0 Å². The third kappa shape index (κ3) is 6.39. The third-order valence-corrected chi connectivity index (χ3v) is 8.28. The lowest BCUT2D eigenvalue weighted by molar-refractivity contribution is 0.145. The van der Waals surface area contributed by atoms with Crippen LogP contribution in [-0.4, -0.2) is 57.5 Å². The van der Waals surface area contributed by atoms with Crippen LogP contribution in [0.1, 0.15) is 62.0 Å². The zero-order valence-corrected chi connectivity index (χ0v) is 23.1. The first-order valence-corrected chi connectivity index (χ1v) is 14.9. The molecule has 1 N–H and O–H groups in total. The number of carbonyl (C=O) groups is 1. The highest BCUT2D eigenvalue weighted by atomic mass is 32.2. The molecule has 0 spiro atoms. The number of hydrogen-bond acceptors (Lipinski definition) is 8. The number of rotatable bonds is 9. The SMILES string of the molecule is CC(CCCc1ccccc1)n1nnc2c(=O)[nH]c(Cc3cccc(S(=O)(=O)OC(=O)N4CCCCC4)c3)nc21. The normalized spacial score (nSPS) is 14.8. The molecule has 1 unspecified atom stereocenters. The van der Waals surface area contributed by atoms with Gasteiger partial charge in [0.15, 0.2) is 11.2 Å². The number of H-pyrrole nitrogens is 1. The van der Waals surface area contributed by atoms with Crippen LogP contribution in [0.15, 0.2) is 64.3 Å². The Morgan fingerprint density at radius 1 is 1.05 bits per heavy atom. The van der Waals surface area contributed by atoms with Crippen molar-refractivity contribution >= 4 is 27.4 Å². The molecule has 1 fully saturated rings. The van der Waals surface area contributed by atoms with E-state index in [9.17, 15) is 18.0 Å². The van der Waals surface area contributed by atoms with Gasteiger partial charge in [0.05, 0.1) is 6.04 Å². The summed E-state index contributed by atoms with van der Waals surface area (Å²) in [6.45, 7) is 2.97. The van der Waals surface area contributed by atoms with Crippen LogP contribution in [0.3, 0.4) is 0 Å². The Labute approximate surface area is 232 Å². The molecule has 1 saturated heterocycles. The van der Waals surface area contributed by atoms with E-state index in [1.165, 1.54) is 22.6 Å². The molecule has 3 heterocycles. The molecule has 0 saturated carbocycles. The van der Waals surface area contributed by atoms with Crippen molar-refractivity contribution in [2.45, 2.75) is 62.8 Å². The standard InChI is InChI=1S/C28H32N6O5S/c1-20(10-8-13-21-11-4-2-5-12-21)34-26-25(31-32-34)27(35)30-24(29-26)19-22-14-9-15-23(18-22)40(37,38)39-28(36)33-16-6-3-7-17-33/h2,4-5,9,11-12,14-15,18,20H,3,6-8,10,13,16-17,19H2,1H3,(H,29,30,35). The Morgan fingerprint density at radius 2 is 1.80 bits per heavy atom. The topological polar surface area (TPSA) is 140 Å². The van der Waals surface area contributed by atoms with Crippen molar-refractivity contribution in [3.05, 3.63) is 81.9 Å². The number of nitrogens with zero attached hydrogens (tertiary/aromatic N) is 5. The van der Waals surface area contributed by atoms with E-state index < -0.39 is 21.8 Å². The van der Waals surface area contributed by atoms with Gasteiger partial charge in [-0.25, -0.2) is 14.5 Å². The minimum Gasteiger partial charge on any atom is -0.324 e. The molecule has 1 atom stereocenters. The van der Waals surface area contributed by atoms with Crippen molar-refractivity contribution in [1.82, 2.24) is 29.9 Å². The van der Waals surface area contributed by atoms with Crippen LogP contribution in [0.25, 0.3) is 11.2 Å². The van der Waals surface area contributed by atoms with Crippen LogP contribution in [0.2, 0.25) is 0 Å². The monoisotopic (exact) mass is 564 g/mol. The van der Waals surface area contributed by atoms with Crippen LogP contribution >= 0.6 is 0 Å². The molecule has 1 aliphatic rings. The van der Waals surface area contributed by atoms with Gasteiger partial charge in [0.2, 0.25) is 0 Å². The number of benzene rings is 2. The van der Waals surface area contributed by atoms with Gasteiger partial charge < -0.3 is 14.1 Å². The number of likely N-dealkylation sites (tertiary alicyclic amines) is 1. The number of fused-ring (bicyclic) bond motifs is 1. The van der Waals surface area contributed by atoms with E-state index in [2.05, 4.69) is 32.4 Å². The predicted molar refractivity (Wildman–Crippen MR) is 148 cm³/mol. The van der Waals surface area contributed by atoms with Gasteiger partial charge >= 0.3 is 16.2 Å². The zero-order valence-electron chi connectivity index (χ0n) is 22.3. The van der Waals surface area contributed by atoms with Crippen molar-refractivity contribution in [2.75, 3.05) is 13.1 Å². The summed E-state index contributed by atoms with van der Waals surface area (Å²) in [6, 6.07) is 16.3. The number of aryl methyl sites for hydroxylation is 1. The summed E-state index contributed by atoms with van der Waals surface area (Å²) in [5, 5.41) is 8.24. The fourth-order valence-corrected chi connectivity index (χ4v) is 5.84. The molecule has 2 aromatic carbocycles. The Hall–Kier alpha value is -4.06. The molecule has 5 rings (SSSR count). The molecule has 4 aromatic rings. The smallest absolute Gasteiger partial charge is 0.324 e. The molecule has 0 bridgehead atoms. The summed E-state index contributed by atoms with van der Waals surface area (Å²) in [5.74, 6) is 0.345. The second-order valence-corrected chi connectivity index (χ2v) is 11.7. The lowest BCUT2D eigenvalue weighted by Gasteiger charge is -2.25. The highest BCUT2D eigenvalue weighted by molar-refractivity contribution is 7.87. The molecule has 11 nitrogen and oxygen atoms in total. The summed E-state index contributed by atoms with van der Waals surface area (Å²) in [4.78, 5) is 33.8. The number of nitrogens with one attached hydrogen (secondary N) is 1. The largest absolute Gasteiger partial charge is 0.425 e. The summed E-state index contributed by atoms with van der Waals surface area (Å²) < 4.78 is 32.2. The van der Waals surface area contributed by atoms with E-state index in [1.54, 1.807) is 16.8 Å². The first-order valence-electron chi connectivity index (χ1n) is 13.5. The van der Waals surface area contributed by atoms with Gasteiger partial charge in [-0.1, -0.05) is 47.7 Å². The fraction of sp³-hybridized carbons (Fsp3) is 0.393. The average molecular weight is 565 g/mol. The molecule has 0 radical (unpaired) electrons. The van der Waals surface area contributed by atoms with E-state index in [1.807, 2.05) is 25.1 Å². The van der Waals surface area contributed by atoms with Gasteiger partial charge in [0.1, 0.15) is 10.7 Å². The Balaban J connectivity index is 1.30. The van der Waals surface area contributed by atoms with Gasteiger partial charge in [-0.05, 0) is 68.7 Å². The molecule has 0 aliphatic carbocycles. The maximum Gasteiger partial charge on any atom is 0.425 e. The molecule has 12 heteroatoms. The van der Waals surface area contributed by atoms with E-state index in [-0.39, 0.29) is 22.9 Å². The minimum absolute atomic E-state index is 0.0288. The summed E-state index contributed by atoms with van der Waals surface area (Å²) in [5.41, 5.74) is 1.96. The van der Waals surface area contributed by atoms with E-state index >= 15 is 0 Å². The number of piperidine rings is 1. The van der Waals surface area contributed by atoms with Gasteiger partial charge in [0, 0.05) is 19.5 Å². The summed E-state index contributed by atoms with van der Waals surface area (Å²) in [6.07, 6.45) is 4.64. The van der Waals surface area contributed by atoms with Gasteiger partial charge in [-0.2, -0.15) is 8.42 Å². The molecule has 210 valence electrons. The van der Waals surface area contributed by atoms with Crippen molar-refractivity contribution in [3.63, 3.8) is 0 Å². The Morgan fingerprint density at radius 3 is 2.58 bits per heavy atom. The average Bonchev–Trinajstić information content (AvgIpc) is 3.39. The minimum atomic E-state index is -4.31. The first-order chi connectivity index (χ1) is 19.3. The second kappa shape index (κ2) is 12.0. The number of amides is 1. The number of hydrogen-bond donors (Lipinski definition) is 1. The van der Waals surface area contributed by atoms with Crippen molar-refractivity contribution in [3.8, 4) is 0 Å². The predicted octanol–water partition coefficient (Wildman–Crippen LogP) is 4.00. The molecule has 1 amide bonds. The Kier molecular flexibility index (Phi) is 8.24. The summed E-state index contributed by atoms with van der Waals surface area (Å²) >= 11 is 0. The summed E-state index contributed by atoms with van der Waals surface area (Å²) in [7, 11) is -4.31. The molecule has 2 aromatic heterocycles. The van der Waals surface area contributed by atoms with Gasteiger partial charge in [0.25, 0.3) is 5.56 Å². The maximum absolute atomic E-state index is 12.8. The lowest BCUT2D eigenvalue weighted by Crippen LogP contribution is -2.37. The van der Waals surface area contributed by atoms with Crippen molar-refractivity contribution in [2.24, 2.45) is 0 Å². The maximum atomic E-state index is 12.8.